The van der Waals surface area contributed by atoms with Gasteiger partial charge in [0.25, 0.3) is 0 Å². The van der Waals surface area contributed by atoms with Crippen LogP contribution >= 0.6 is 11.3 Å². The van der Waals surface area contributed by atoms with Gasteiger partial charge in [-0.15, -0.1) is 11.3 Å². The fourth-order valence-electron chi connectivity index (χ4n) is 2.08. The van der Waals surface area contributed by atoms with E-state index >= 15 is 0 Å². The Labute approximate surface area is 106 Å². The number of nitrogens with zero attached hydrogens (tertiary/aromatic N) is 2. The molecule has 0 aliphatic carbocycles. The van der Waals surface area contributed by atoms with Crippen LogP contribution in [0.3, 0.4) is 0 Å². The van der Waals surface area contributed by atoms with Crippen molar-refractivity contribution in [3.8, 4) is 0 Å². The molecule has 0 aromatic carbocycles. The van der Waals surface area contributed by atoms with Crippen LogP contribution in [0.25, 0.3) is 0 Å². The van der Waals surface area contributed by atoms with E-state index in [1.807, 2.05) is 6.20 Å². The van der Waals surface area contributed by atoms with Gasteiger partial charge in [-0.3, -0.25) is 9.88 Å². The second-order valence-corrected chi connectivity index (χ2v) is 5.71. The second kappa shape index (κ2) is 5.91. The van der Waals surface area contributed by atoms with Gasteiger partial charge >= 0.3 is 0 Å². The lowest BCUT2D eigenvalue weighted by atomic mass is 10.1. The van der Waals surface area contributed by atoms with E-state index in [-0.39, 0.29) is 6.10 Å². The molecule has 1 saturated heterocycles. The fourth-order valence-corrected chi connectivity index (χ4v) is 2.72. The number of rotatable bonds is 4. The summed E-state index contributed by atoms with van der Waals surface area (Å²) in [5.74, 6) is 0. The molecule has 0 amide bonds. The highest BCUT2D eigenvalue weighted by Gasteiger charge is 2.28. The normalized spacial score (nSPS) is 24.1. The number of thiazole rings is 1. The highest BCUT2D eigenvalue weighted by atomic mass is 32.1. The number of aliphatic hydroxyl groups excluding tert-OH is 1. The smallest absolute Gasteiger partial charge is 0.0964 e. The van der Waals surface area contributed by atoms with Gasteiger partial charge in [-0.05, 0) is 13.8 Å². The first-order valence-electron chi connectivity index (χ1n) is 6.08. The molecule has 5 heteroatoms. The van der Waals surface area contributed by atoms with Crippen LogP contribution < -0.4 is 0 Å². The summed E-state index contributed by atoms with van der Waals surface area (Å²) in [7, 11) is 0. The predicted octanol–water partition coefficient (Wildman–Crippen LogP) is 1.16. The Morgan fingerprint density at radius 3 is 3.12 bits per heavy atom. The molecule has 1 aromatic heterocycles. The Morgan fingerprint density at radius 1 is 1.65 bits per heavy atom. The second-order valence-electron chi connectivity index (χ2n) is 4.74. The van der Waals surface area contributed by atoms with Crippen molar-refractivity contribution in [1.82, 2.24) is 9.88 Å². The van der Waals surface area contributed by atoms with Gasteiger partial charge in [-0.2, -0.15) is 0 Å². The number of morpholine rings is 1. The van der Waals surface area contributed by atoms with E-state index in [9.17, 15) is 5.11 Å². The third-order valence-corrected chi connectivity index (χ3v) is 3.98. The van der Waals surface area contributed by atoms with Gasteiger partial charge in [0.1, 0.15) is 0 Å². The van der Waals surface area contributed by atoms with E-state index < -0.39 is 6.10 Å². The first-order chi connectivity index (χ1) is 8.16. The Kier molecular flexibility index (Phi) is 4.50. The minimum atomic E-state index is -0.433. The molecular weight excluding hydrogens is 236 g/mol. The average molecular weight is 256 g/mol. The standard InChI is InChI=1S/C12H20N2O2S/c1-9(2)14-3-4-16-12(7-14)11(15)5-10-6-13-8-17-10/h6,8-9,11-12,15H,3-5,7H2,1-2H3. The first kappa shape index (κ1) is 13.0. The number of ether oxygens (including phenoxy) is 1. The summed E-state index contributed by atoms with van der Waals surface area (Å²) in [6.07, 6.45) is 1.95. The Balaban J connectivity index is 1.88. The predicted molar refractivity (Wildman–Crippen MR) is 68.3 cm³/mol. The van der Waals surface area contributed by atoms with Crippen molar-refractivity contribution < 1.29 is 9.84 Å². The Bertz CT molecular complexity index is 329. The number of aliphatic hydroxyl groups is 1. The Hall–Kier alpha value is -0.490. The van der Waals surface area contributed by atoms with Crippen molar-refractivity contribution in [3.63, 3.8) is 0 Å². The van der Waals surface area contributed by atoms with Crippen LogP contribution in [0.2, 0.25) is 0 Å². The molecule has 1 aliphatic rings. The number of aromatic nitrogens is 1. The van der Waals surface area contributed by atoms with Gasteiger partial charge < -0.3 is 9.84 Å². The van der Waals surface area contributed by atoms with Crippen molar-refractivity contribution in [2.45, 2.75) is 38.5 Å². The lowest BCUT2D eigenvalue weighted by Crippen LogP contribution is -2.50. The van der Waals surface area contributed by atoms with E-state index in [4.69, 9.17) is 4.74 Å². The van der Waals surface area contributed by atoms with Crippen LogP contribution in [0.15, 0.2) is 11.7 Å². The maximum absolute atomic E-state index is 10.2. The van der Waals surface area contributed by atoms with E-state index in [1.165, 1.54) is 0 Å². The maximum Gasteiger partial charge on any atom is 0.0964 e. The lowest BCUT2D eigenvalue weighted by molar-refractivity contribution is -0.0939. The highest BCUT2D eigenvalue weighted by Crippen LogP contribution is 2.16. The molecule has 1 aliphatic heterocycles. The van der Waals surface area contributed by atoms with Gasteiger partial charge in [0.2, 0.25) is 0 Å². The van der Waals surface area contributed by atoms with Crippen molar-refractivity contribution in [2.24, 2.45) is 0 Å². The Morgan fingerprint density at radius 2 is 2.47 bits per heavy atom. The largest absolute Gasteiger partial charge is 0.390 e. The number of hydrogen-bond acceptors (Lipinski definition) is 5. The topological polar surface area (TPSA) is 45.6 Å². The van der Waals surface area contributed by atoms with Crippen LogP contribution in [0.5, 0.6) is 0 Å². The third kappa shape index (κ3) is 3.48. The molecule has 2 atom stereocenters. The summed E-state index contributed by atoms with van der Waals surface area (Å²) >= 11 is 1.58. The fraction of sp³-hybridized carbons (Fsp3) is 0.750. The minimum Gasteiger partial charge on any atom is -0.390 e. The number of hydrogen-bond donors (Lipinski definition) is 1. The molecule has 0 bridgehead atoms. The van der Waals surface area contributed by atoms with Gasteiger partial charge in [-0.1, -0.05) is 0 Å². The minimum absolute atomic E-state index is 0.0757. The van der Waals surface area contributed by atoms with Crippen LogP contribution in [-0.4, -0.2) is 52.9 Å². The molecule has 0 saturated carbocycles. The van der Waals surface area contributed by atoms with Gasteiger partial charge in [0.15, 0.2) is 0 Å². The maximum atomic E-state index is 10.2. The molecule has 1 N–H and O–H groups in total. The molecule has 4 nitrogen and oxygen atoms in total. The van der Waals surface area contributed by atoms with Crippen LogP contribution in [0.4, 0.5) is 0 Å². The van der Waals surface area contributed by atoms with E-state index in [1.54, 1.807) is 16.8 Å². The zero-order valence-corrected chi connectivity index (χ0v) is 11.2. The molecule has 1 fully saturated rings. The highest BCUT2D eigenvalue weighted by molar-refractivity contribution is 7.09. The molecule has 0 spiro atoms. The quantitative estimate of drug-likeness (QED) is 0.878. The van der Waals surface area contributed by atoms with Gasteiger partial charge in [0.05, 0.1) is 24.3 Å². The molecule has 17 heavy (non-hydrogen) atoms. The molecule has 1 aromatic rings. The molecule has 0 radical (unpaired) electrons. The van der Waals surface area contributed by atoms with Crippen LogP contribution in [0, 0.1) is 0 Å². The third-order valence-electron chi connectivity index (χ3n) is 3.18. The lowest BCUT2D eigenvalue weighted by Gasteiger charge is -2.37. The van der Waals surface area contributed by atoms with Crippen LogP contribution in [-0.2, 0) is 11.2 Å². The summed E-state index contributed by atoms with van der Waals surface area (Å²) in [6.45, 7) is 6.84. The van der Waals surface area contributed by atoms with Crippen LogP contribution in [0.1, 0.15) is 18.7 Å². The van der Waals surface area contributed by atoms with Crippen molar-refractivity contribution >= 4 is 11.3 Å². The molecule has 2 unspecified atom stereocenters. The van der Waals surface area contributed by atoms with Gasteiger partial charge in [-0.25, -0.2) is 0 Å². The zero-order valence-electron chi connectivity index (χ0n) is 10.4. The molecule has 2 heterocycles. The van der Waals surface area contributed by atoms with E-state index in [2.05, 4.69) is 23.7 Å². The molecular formula is C12H20N2O2S. The summed E-state index contributed by atoms with van der Waals surface area (Å²) < 4.78 is 5.66. The zero-order chi connectivity index (χ0) is 12.3. The van der Waals surface area contributed by atoms with Crippen molar-refractivity contribution in [3.05, 3.63) is 16.6 Å². The average Bonchev–Trinajstić information content (AvgIpc) is 2.82. The van der Waals surface area contributed by atoms with E-state index in [0.29, 0.717) is 19.1 Å². The first-order valence-corrected chi connectivity index (χ1v) is 6.96. The summed E-state index contributed by atoms with van der Waals surface area (Å²) in [5, 5.41) is 10.2. The van der Waals surface area contributed by atoms with E-state index in [0.717, 1.165) is 18.0 Å². The molecule has 2 rings (SSSR count). The summed E-state index contributed by atoms with van der Waals surface area (Å²) in [4.78, 5) is 7.48. The monoisotopic (exact) mass is 256 g/mol. The molecule has 96 valence electrons. The van der Waals surface area contributed by atoms with Crippen molar-refractivity contribution in [1.29, 1.82) is 0 Å². The summed E-state index contributed by atoms with van der Waals surface area (Å²) in [6, 6.07) is 0.511. The van der Waals surface area contributed by atoms with Crippen molar-refractivity contribution in [2.75, 3.05) is 19.7 Å². The van der Waals surface area contributed by atoms with Gasteiger partial charge in [0, 0.05) is 36.6 Å². The summed E-state index contributed by atoms with van der Waals surface area (Å²) in [5.41, 5.74) is 1.80. The SMILES string of the molecule is CC(C)N1CCOC(C(O)Cc2cncs2)C1.